The zero-order chi connectivity index (χ0) is 14.8. The third-order valence-corrected chi connectivity index (χ3v) is 5.90. The Labute approximate surface area is 137 Å². The molecule has 2 fully saturated rings. The van der Waals surface area contributed by atoms with E-state index in [9.17, 15) is 0 Å². The van der Waals surface area contributed by atoms with E-state index < -0.39 is 0 Å². The van der Waals surface area contributed by atoms with E-state index in [4.69, 9.17) is 0 Å². The van der Waals surface area contributed by atoms with Crippen LogP contribution in [0.4, 0.5) is 5.69 Å². The van der Waals surface area contributed by atoms with E-state index >= 15 is 0 Å². The third kappa shape index (κ3) is 3.45. The number of halogens is 1. The van der Waals surface area contributed by atoms with Crippen LogP contribution < -0.4 is 10.2 Å². The molecule has 1 aliphatic heterocycles. The van der Waals surface area contributed by atoms with Gasteiger partial charge in [0.2, 0.25) is 0 Å². The number of nitrogens with one attached hydrogen (secondary N) is 1. The molecular formula is C18H27BrN2. The molecule has 1 saturated heterocycles. The van der Waals surface area contributed by atoms with E-state index in [1.165, 1.54) is 47.8 Å². The number of nitrogens with zero attached hydrogens (tertiary/aromatic N) is 1. The Hall–Kier alpha value is -0.540. The minimum Gasteiger partial charge on any atom is -0.365 e. The zero-order valence-electron chi connectivity index (χ0n) is 13.2. The lowest BCUT2D eigenvalue weighted by atomic mass is 9.82. The van der Waals surface area contributed by atoms with Crippen molar-refractivity contribution in [2.45, 2.75) is 58.0 Å². The van der Waals surface area contributed by atoms with E-state index in [0.29, 0.717) is 12.1 Å². The molecule has 3 heteroatoms. The Morgan fingerprint density at radius 1 is 1.19 bits per heavy atom. The summed E-state index contributed by atoms with van der Waals surface area (Å²) in [5.74, 6) is 0.873. The molecule has 0 amide bonds. The second kappa shape index (κ2) is 6.70. The van der Waals surface area contributed by atoms with Gasteiger partial charge in [-0.2, -0.15) is 0 Å². The second-order valence-electron chi connectivity index (χ2n) is 6.87. The van der Waals surface area contributed by atoms with Crippen LogP contribution in [0.5, 0.6) is 0 Å². The van der Waals surface area contributed by atoms with E-state index in [1.54, 1.807) is 0 Å². The molecule has 1 heterocycles. The van der Waals surface area contributed by atoms with Crippen molar-refractivity contribution in [3.05, 3.63) is 28.2 Å². The molecular weight excluding hydrogens is 324 g/mol. The van der Waals surface area contributed by atoms with Crippen LogP contribution in [0.1, 0.15) is 44.6 Å². The van der Waals surface area contributed by atoms with Crippen molar-refractivity contribution < 1.29 is 0 Å². The van der Waals surface area contributed by atoms with Gasteiger partial charge in [-0.3, -0.25) is 0 Å². The summed E-state index contributed by atoms with van der Waals surface area (Å²) in [6.07, 6.45) is 7.11. The lowest BCUT2D eigenvalue weighted by Gasteiger charge is -2.44. The van der Waals surface area contributed by atoms with Gasteiger partial charge in [-0.25, -0.2) is 0 Å². The van der Waals surface area contributed by atoms with Gasteiger partial charge in [0, 0.05) is 29.6 Å². The summed E-state index contributed by atoms with van der Waals surface area (Å²) in [5, 5.41) is 3.82. The maximum atomic E-state index is 3.82. The first kappa shape index (κ1) is 15.4. The van der Waals surface area contributed by atoms with Crippen LogP contribution in [0.15, 0.2) is 22.7 Å². The monoisotopic (exact) mass is 350 g/mol. The maximum Gasteiger partial charge on any atom is 0.0516 e. The molecule has 1 N–H and O–H groups in total. The van der Waals surface area contributed by atoms with E-state index in [-0.39, 0.29) is 0 Å². The molecule has 1 aromatic rings. The summed E-state index contributed by atoms with van der Waals surface area (Å²) in [4.78, 5) is 2.60. The lowest BCUT2D eigenvalue weighted by Crippen LogP contribution is -2.58. The van der Waals surface area contributed by atoms with Crippen molar-refractivity contribution in [3.63, 3.8) is 0 Å². The number of benzene rings is 1. The summed E-state index contributed by atoms with van der Waals surface area (Å²) < 4.78 is 1.23. The molecule has 0 bridgehead atoms. The summed E-state index contributed by atoms with van der Waals surface area (Å²) in [7, 11) is 0. The van der Waals surface area contributed by atoms with Crippen molar-refractivity contribution in [1.82, 2.24) is 5.32 Å². The fraction of sp³-hybridized carbons (Fsp3) is 0.667. The Morgan fingerprint density at radius 3 is 2.71 bits per heavy atom. The van der Waals surface area contributed by atoms with Gasteiger partial charge in [-0.15, -0.1) is 0 Å². The summed E-state index contributed by atoms with van der Waals surface area (Å²) >= 11 is 3.75. The number of anilines is 1. The van der Waals surface area contributed by atoms with E-state index in [2.05, 4.69) is 58.2 Å². The van der Waals surface area contributed by atoms with Gasteiger partial charge in [0.15, 0.2) is 0 Å². The predicted molar refractivity (Wildman–Crippen MR) is 94.1 cm³/mol. The molecule has 1 aliphatic carbocycles. The first-order valence-corrected chi connectivity index (χ1v) is 9.20. The SMILES string of the molecule is Cc1ccc(Br)c(N2CC(C3CCCCC3)NCC2C)c1. The molecule has 0 aromatic heterocycles. The molecule has 0 spiro atoms. The molecule has 1 aromatic carbocycles. The van der Waals surface area contributed by atoms with Gasteiger partial charge in [0.1, 0.15) is 0 Å². The van der Waals surface area contributed by atoms with Gasteiger partial charge in [-0.1, -0.05) is 25.3 Å². The first-order valence-electron chi connectivity index (χ1n) is 8.41. The number of hydrogen-bond acceptors (Lipinski definition) is 2. The highest BCUT2D eigenvalue weighted by Gasteiger charge is 2.31. The molecule has 0 radical (unpaired) electrons. The van der Waals surface area contributed by atoms with Crippen LogP contribution in [0, 0.1) is 12.8 Å². The average molecular weight is 351 g/mol. The fourth-order valence-corrected chi connectivity index (χ4v) is 4.39. The van der Waals surface area contributed by atoms with Crippen molar-refractivity contribution in [1.29, 1.82) is 0 Å². The Kier molecular flexibility index (Phi) is 4.90. The number of piperazine rings is 1. The molecule has 1 saturated carbocycles. The number of aryl methyl sites for hydroxylation is 1. The van der Waals surface area contributed by atoms with Crippen LogP contribution in [0.2, 0.25) is 0 Å². The van der Waals surface area contributed by atoms with Crippen molar-refractivity contribution in [2.24, 2.45) is 5.92 Å². The van der Waals surface area contributed by atoms with Crippen molar-refractivity contribution in [2.75, 3.05) is 18.0 Å². The number of hydrogen-bond donors (Lipinski definition) is 1. The minimum atomic E-state index is 0.558. The highest BCUT2D eigenvalue weighted by atomic mass is 79.9. The highest BCUT2D eigenvalue weighted by molar-refractivity contribution is 9.10. The summed E-state index contributed by atoms with van der Waals surface area (Å²) in [5.41, 5.74) is 2.71. The van der Waals surface area contributed by atoms with Crippen LogP contribution in [-0.2, 0) is 0 Å². The topological polar surface area (TPSA) is 15.3 Å². The van der Waals surface area contributed by atoms with Gasteiger partial charge >= 0.3 is 0 Å². The zero-order valence-corrected chi connectivity index (χ0v) is 14.8. The Bertz CT molecular complexity index is 482. The van der Waals surface area contributed by atoms with Gasteiger partial charge in [0.25, 0.3) is 0 Å². The normalized spacial score (nSPS) is 27.9. The lowest BCUT2D eigenvalue weighted by molar-refractivity contribution is 0.245. The average Bonchev–Trinajstić information content (AvgIpc) is 2.51. The molecule has 116 valence electrons. The Balaban J connectivity index is 1.78. The standard InChI is InChI=1S/C18H27BrN2/c1-13-8-9-16(19)18(10-13)21-12-17(20-11-14(21)2)15-6-4-3-5-7-15/h8-10,14-15,17,20H,3-7,11-12H2,1-2H3. The number of rotatable bonds is 2. The van der Waals surface area contributed by atoms with Gasteiger partial charge in [0.05, 0.1) is 5.69 Å². The van der Waals surface area contributed by atoms with Crippen LogP contribution in [0.3, 0.4) is 0 Å². The van der Waals surface area contributed by atoms with Crippen molar-refractivity contribution >= 4 is 21.6 Å². The molecule has 3 rings (SSSR count). The molecule has 2 nitrogen and oxygen atoms in total. The molecule has 2 aliphatic rings. The first-order chi connectivity index (χ1) is 10.1. The highest BCUT2D eigenvalue weighted by Crippen LogP contribution is 2.33. The molecule has 21 heavy (non-hydrogen) atoms. The van der Waals surface area contributed by atoms with Crippen LogP contribution in [-0.4, -0.2) is 25.2 Å². The Morgan fingerprint density at radius 2 is 1.95 bits per heavy atom. The van der Waals surface area contributed by atoms with Gasteiger partial charge in [-0.05, 0) is 66.2 Å². The van der Waals surface area contributed by atoms with E-state index in [1.807, 2.05) is 0 Å². The molecule has 2 atom stereocenters. The fourth-order valence-electron chi connectivity index (χ4n) is 3.92. The summed E-state index contributed by atoms with van der Waals surface area (Å²) in [6, 6.07) is 7.91. The second-order valence-corrected chi connectivity index (χ2v) is 7.72. The largest absolute Gasteiger partial charge is 0.365 e. The predicted octanol–water partition coefficient (Wildman–Crippen LogP) is 4.50. The minimum absolute atomic E-state index is 0.558. The molecule has 2 unspecified atom stereocenters. The van der Waals surface area contributed by atoms with Crippen LogP contribution in [0.25, 0.3) is 0 Å². The quantitative estimate of drug-likeness (QED) is 0.844. The summed E-state index contributed by atoms with van der Waals surface area (Å²) in [6.45, 7) is 6.76. The maximum absolute atomic E-state index is 3.82. The van der Waals surface area contributed by atoms with Crippen molar-refractivity contribution in [3.8, 4) is 0 Å². The smallest absolute Gasteiger partial charge is 0.0516 e. The van der Waals surface area contributed by atoms with Crippen LogP contribution >= 0.6 is 15.9 Å². The third-order valence-electron chi connectivity index (χ3n) is 5.23. The van der Waals surface area contributed by atoms with E-state index in [0.717, 1.165) is 19.0 Å². The van der Waals surface area contributed by atoms with Gasteiger partial charge < -0.3 is 10.2 Å².